The second-order valence-corrected chi connectivity index (χ2v) is 8.38. The second kappa shape index (κ2) is 10.1. The molecule has 2 fully saturated rings. The fourth-order valence-electron chi connectivity index (χ4n) is 4.29. The van der Waals surface area contributed by atoms with E-state index in [1.54, 1.807) is 4.90 Å². The normalized spacial score (nSPS) is 22.0. The predicted octanol–water partition coefficient (Wildman–Crippen LogP) is 2.62. The summed E-state index contributed by atoms with van der Waals surface area (Å²) in [5.74, 6) is -0.375. The molecule has 2 aliphatic heterocycles. The molecule has 6 nitrogen and oxygen atoms in total. The molecule has 4 rings (SSSR count). The molecule has 0 aromatic heterocycles. The molecular formula is C25H31N3O3. The van der Waals surface area contributed by atoms with E-state index in [1.807, 2.05) is 30.3 Å². The molecule has 1 N–H and O–H groups in total. The summed E-state index contributed by atoms with van der Waals surface area (Å²) in [6.07, 6.45) is 1.19. The summed E-state index contributed by atoms with van der Waals surface area (Å²) in [5, 5.41) is 3.02. The number of rotatable bonds is 7. The number of benzene rings is 2. The van der Waals surface area contributed by atoms with Crippen LogP contribution in [0.2, 0.25) is 0 Å². The molecule has 2 saturated heterocycles. The van der Waals surface area contributed by atoms with Crippen molar-refractivity contribution in [1.29, 1.82) is 0 Å². The van der Waals surface area contributed by atoms with E-state index in [4.69, 9.17) is 4.74 Å². The number of hydrogen-bond acceptors (Lipinski definition) is 4. The van der Waals surface area contributed by atoms with Crippen molar-refractivity contribution in [2.45, 2.75) is 32.4 Å². The Morgan fingerprint density at radius 1 is 1.06 bits per heavy atom. The Morgan fingerprint density at radius 2 is 1.84 bits per heavy atom. The third kappa shape index (κ3) is 5.51. The average Bonchev–Trinajstić information content (AvgIpc) is 3.20. The van der Waals surface area contributed by atoms with Crippen molar-refractivity contribution in [2.24, 2.45) is 5.92 Å². The van der Waals surface area contributed by atoms with Gasteiger partial charge in [-0.15, -0.1) is 0 Å². The van der Waals surface area contributed by atoms with E-state index < -0.39 is 0 Å². The molecule has 2 amide bonds. The highest BCUT2D eigenvalue weighted by Crippen LogP contribution is 2.25. The minimum atomic E-state index is -0.317. The number of amides is 2. The maximum atomic E-state index is 12.7. The molecule has 31 heavy (non-hydrogen) atoms. The number of ether oxygens (including phenoxy) is 1. The van der Waals surface area contributed by atoms with Crippen molar-refractivity contribution in [3.63, 3.8) is 0 Å². The lowest BCUT2D eigenvalue weighted by Gasteiger charge is -2.33. The number of nitrogens with one attached hydrogen (secondary N) is 1. The third-order valence-electron chi connectivity index (χ3n) is 6.13. The Labute approximate surface area is 184 Å². The molecule has 0 bridgehead atoms. The van der Waals surface area contributed by atoms with E-state index in [9.17, 15) is 9.59 Å². The molecule has 2 aliphatic rings. The smallest absolute Gasteiger partial charge is 0.227 e. The molecule has 0 aliphatic carbocycles. The number of morpholine rings is 1. The lowest BCUT2D eigenvalue weighted by molar-refractivity contribution is -0.127. The molecule has 2 heterocycles. The predicted molar refractivity (Wildman–Crippen MR) is 121 cm³/mol. The van der Waals surface area contributed by atoms with Gasteiger partial charge in [-0.1, -0.05) is 49.4 Å². The number of nitrogens with zero attached hydrogens (tertiary/aromatic N) is 2. The number of hydrogen-bond donors (Lipinski definition) is 1. The summed E-state index contributed by atoms with van der Waals surface area (Å²) < 4.78 is 5.86. The maximum absolute atomic E-state index is 12.7. The first-order valence-corrected chi connectivity index (χ1v) is 11.2. The Bertz CT molecular complexity index is 885. The minimum absolute atomic E-state index is 0.00681. The Balaban J connectivity index is 1.26. The lowest BCUT2D eigenvalue weighted by Crippen LogP contribution is -2.48. The van der Waals surface area contributed by atoms with Crippen LogP contribution in [0.25, 0.3) is 0 Å². The molecule has 0 saturated carbocycles. The van der Waals surface area contributed by atoms with E-state index in [0.717, 1.165) is 31.7 Å². The summed E-state index contributed by atoms with van der Waals surface area (Å²) in [7, 11) is 0. The van der Waals surface area contributed by atoms with Gasteiger partial charge in [0.15, 0.2) is 0 Å². The number of aryl methyl sites for hydroxylation is 1. The van der Waals surface area contributed by atoms with Gasteiger partial charge in [-0.3, -0.25) is 14.5 Å². The summed E-state index contributed by atoms with van der Waals surface area (Å²) >= 11 is 0. The van der Waals surface area contributed by atoms with E-state index >= 15 is 0 Å². The topological polar surface area (TPSA) is 61.9 Å². The summed E-state index contributed by atoms with van der Waals surface area (Å²) in [6.45, 7) is 6.24. The molecule has 2 atom stereocenters. The van der Waals surface area contributed by atoms with Crippen molar-refractivity contribution in [1.82, 2.24) is 10.2 Å². The minimum Gasteiger partial charge on any atom is -0.374 e. The lowest BCUT2D eigenvalue weighted by atomic mass is 10.1. The van der Waals surface area contributed by atoms with Gasteiger partial charge in [0.05, 0.1) is 18.6 Å². The fourth-order valence-corrected chi connectivity index (χ4v) is 4.29. The summed E-state index contributed by atoms with van der Waals surface area (Å²) in [6, 6.07) is 18.4. The van der Waals surface area contributed by atoms with Crippen molar-refractivity contribution in [2.75, 3.05) is 37.7 Å². The first-order valence-electron chi connectivity index (χ1n) is 11.2. The Morgan fingerprint density at radius 3 is 2.58 bits per heavy atom. The number of carbonyl (C=O) groups is 2. The van der Waals surface area contributed by atoms with Gasteiger partial charge in [0.25, 0.3) is 0 Å². The van der Waals surface area contributed by atoms with E-state index in [0.29, 0.717) is 19.7 Å². The Kier molecular flexibility index (Phi) is 6.99. The molecule has 6 heteroatoms. The van der Waals surface area contributed by atoms with Crippen LogP contribution in [-0.4, -0.2) is 55.6 Å². The number of anilines is 1. The van der Waals surface area contributed by atoms with Crippen LogP contribution >= 0.6 is 0 Å². The van der Waals surface area contributed by atoms with E-state index in [1.165, 1.54) is 11.1 Å². The first kappa shape index (κ1) is 21.5. The van der Waals surface area contributed by atoms with Gasteiger partial charge in [-0.2, -0.15) is 0 Å². The van der Waals surface area contributed by atoms with Crippen LogP contribution in [0.5, 0.6) is 0 Å². The van der Waals surface area contributed by atoms with Crippen LogP contribution in [0, 0.1) is 5.92 Å². The summed E-state index contributed by atoms with van der Waals surface area (Å²) in [4.78, 5) is 29.3. The van der Waals surface area contributed by atoms with Gasteiger partial charge in [-0.25, -0.2) is 0 Å². The molecular weight excluding hydrogens is 390 g/mol. The zero-order valence-electron chi connectivity index (χ0n) is 18.1. The molecule has 164 valence electrons. The van der Waals surface area contributed by atoms with Crippen LogP contribution in [0.15, 0.2) is 54.6 Å². The van der Waals surface area contributed by atoms with Gasteiger partial charge in [0.1, 0.15) is 0 Å². The highest BCUT2D eigenvalue weighted by Gasteiger charge is 2.35. The highest BCUT2D eigenvalue weighted by atomic mass is 16.5. The highest BCUT2D eigenvalue weighted by molar-refractivity contribution is 6.00. The zero-order valence-corrected chi connectivity index (χ0v) is 18.1. The van der Waals surface area contributed by atoms with E-state index in [2.05, 4.69) is 41.4 Å². The molecule has 2 aromatic carbocycles. The van der Waals surface area contributed by atoms with Crippen LogP contribution in [0.3, 0.4) is 0 Å². The summed E-state index contributed by atoms with van der Waals surface area (Å²) in [5.41, 5.74) is 3.38. The van der Waals surface area contributed by atoms with Crippen LogP contribution in [0.1, 0.15) is 24.5 Å². The van der Waals surface area contributed by atoms with Crippen molar-refractivity contribution in [3.8, 4) is 0 Å². The van der Waals surface area contributed by atoms with Gasteiger partial charge in [-0.05, 0) is 29.7 Å². The van der Waals surface area contributed by atoms with Crippen LogP contribution < -0.4 is 10.2 Å². The van der Waals surface area contributed by atoms with Crippen molar-refractivity contribution in [3.05, 3.63) is 65.7 Å². The standard InChI is InChI=1S/C25H31N3O3/c1-2-19-8-10-22(11-9-19)28-17-21(14-24(28)29)25(30)26-15-23-18-27(12-13-31-23)16-20-6-4-3-5-7-20/h3-11,21,23H,2,12-18H2,1H3,(H,26,30). The number of carbonyl (C=O) groups excluding carboxylic acids is 2. The van der Waals surface area contributed by atoms with Gasteiger partial charge >= 0.3 is 0 Å². The quantitative estimate of drug-likeness (QED) is 0.747. The fraction of sp³-hybridized carbons (Fsp3) is 0.440. The average molecular weight is 422 g/mol. The van der Waals surface area contributed by atoms with Gasteiger partial charge in [0.2, 0.25) is 11.8 Å². The van der Waals surface area contributed by atoms with Gasteiger partial charge < -0.3 is 15.0 Å². The van der Waals surface area contributed by atoms with Crippen LogP contribution in [0.4, 0.5) is 5.69 Å². The van der Waals surface area contributed by atoms with E-state index in [-0.39, 0.29) is 30.3 Å². The van der Waals surface area contributed by atoms with Gasteiger partial charge in [0, 0.05) is 44.8 Å². The van der Waals surface area contributed by atoms with Crippen molar-refractivity contribution < 1.29 is 14.3 Å². The SMILES string of the molecule is CCc1ccc(N2CC(C(=O)NCC3CN(Cc4ccccc4)CCO3)CC2=O)cc1. The largest absolute Gasteiger partial charge is 0.374 e. The monoisotopic (exact) mass is 421 g/mol. The van der Waals surface area contributed by atoms with Crippen molar-refractivity contribution >= 4 is 17.5 Å². The first-order chi connectivity index (χ1) is 15.1. The third-order valence-corrected chi connectivity index (χ3v) is 6.13. The maximum Gasteiger partial charge on any atom is 0.227 e. The van der Waals surface area contributed by atoms with Crippen LogP contribution in [-0.2, 0) is 27.3 Å². The second-order valence-electron chi connectivity index (χ2n) is 8.38. The zero-order chi connectivity index (χ0) is 21.6. The molecule has 0 radical (unpaired) electrons. The Hall–Kier alpha value is -2.70. The molecule has 0 spiro atoms. The molecule has 2 unspecified atom stereocenters. The molecule has 2 aromatic rings.